The summed E-state index contributed by atoms with van der Waals surface area (Å²) in [7, 11) is 0. The molecule has 232 valence electrons. The molecule has 4 aliphatic rings. The first-order valence-electron chi connectivity index (χ1n) is 14.9. The largest absolute Gasteiger partial charge is 0.491 e. The Labute approximate surface area is 268 Å². The number of thiophene rings is 1. The predicted octanol–water partition coefficient (Wildman–Crippen LogP) is 5.34. The fourth-order valence-corrected chi connectivity index (χ4v) is 8.88. The summed E-state index contributed by atoms with van der Waals surface area (Å²) in [4.78, 5) is 59.9. The van der Waals surface area contributed by atoms with Crippen LogP contribution < -0.4 is 9.64 Å². The third kappa shape index (κ3) is 4.48. The zero-order valence-corrected chi connectivity index (χ0v) is 25.9. The van der Waals surface area contributed by atoms with E-state index in [1.54, 1.807) is 19.1 Å². The first kappa shape index (κ1) is 29.8. The van der Waals surface area contributed by atoms with E-state index in [1.165, 1.54) is 28.4 Å². The van der Waals surface area contributed by atoms with Crippen molar-refractivity contribution in [3.8, 4) is 5.75 Å². The number of likely N-dealkylation sites (tertiary alicyclic amines) is 1. The van der Waals surface area contributed by atoms with E-state index in [2.05, 4.69) is 0 Å². The molecular formula is C34H30ClFN2O6S. The summed E-state index contributed by atoms with van der Waals surface area (Å²) in [6.07, 6.45) is 2.51. The van der Waals surface area contributed by atoms with E-state index in [0.717, 1.165) is 21.4 Å². The second-order valence-electron chi connectivity index (χ2n) is 12.2. The number of aliphatic hydroxyl groups is 1. The predicted molar refractivity (Wildman–Crippen MR) is 165 cm³/mol. The van der Waals surface area contributed by atoms with Crippen LogP contribution in [-0.4, -0.2) is 46.8 Å². The minimum absolute atomic E-state index is 0.0226. The number of imide groups is 2. The van der Waals surface area contributed by atoms with Crippen LogP contribution in [-0.2, 0) is 25.7 Å². The van der Waals surface area contributed by atoms with Crippen LogP contribution in [0, 0.1) is 34.9 Å². The Hall–Kier alpha value is -3.86. The average Bonchev–Trinajstić information content (AvgIpc) is 3.69. The van der Waals surface area contributed by atoms with Crippen LogP contribution in [0.3, 0.4) is 0 Å². The van der Waals surface area contributed by atoms with Gasteiger partial charge in [0.05, 0.1) is 47.0 Å². The monoisotopic (exact) mass is 648 g/mol. The molecule has 1 N–H and O–H groups in total. The van der Waals surface area contributed by atoms with Crippen LogP contribution in [0.25, 0.3) is 0 Å². The number of ether oxygens (including phenoxy) is 1. The molecule has 3 heterocycles. The van der Waals surface area contributed by atoms with E-state index in [4.69, 9.17) is 16.3 Å². The van der Waals surface area contributed by atoms with Gasteiger partial charge in [0.25, 0.3) is 0 Å². The Morgan fingerprint density at radius 2 is 1.84 bits per heavy atom. The van der Waals surface area contributed by atoms with Gasteiger partial charge in [-0.3, -0.25) is 24.1 Å². The van der Waals surface area contributed by atoms with Gasteiger partial charge in [0.1, 0.15) is 18.2 Å². The zero-order chi connectivity index (χ0) is 31.6. The lowest BCUT2D eigenvalue weighted by molar-refractivity contribution is -0.141. The fourth-order valence-electron chi connectivity index (χ4n) is 8.02. The van der Waals surface area contributed by atoms with Gasteiger partial charge in [0, 0.05) is 16.4 Å². The number of halogens is 2. The van der Waals surface area contributed by atoms with Gasteiger partial charge >= 0.3 is 0 Å². The Bertz CT molecular complexity index is 1760. The molecule has 4 amide bonds. The molecule has 0 bridgehead atoms. The molecule has 3 aromatic rings. The van der Waals surface area contributed by atoms with Crippen molar-refractivity contribution in [1.82, 2.24) is 4.90 Å². The minimum Gasteiger partial charge on any atom is -0.491 e. The van der Waals surface area contributed by atoms with Gasteiger partial charge in [-0.25, -0.2) is 9.29 Å². The summed E-state index contributed by atoms with van der Waals surface area (Å²) < 4.78 is 20.0. The minimum atomic E-state index is -1.30. The Morgan fingerprint density at radius 1 is 1.04 bits per heavy atom. The van der Waals surface area contributed by atoms with Crippen molar-refractivity contribution in [3.63, 3.8) is 0 Å². The summed E-state index contributed by atoms with van der Waals surface area (Å²) in [5.74, 6) is -4.86. The highest BCUT2D eigenvalue weighted by Gasteiger charge is 2.68. The number of carbonyl (C=O) groups is 4. The normalized spacial score (nSPS) is 29.1. The highest BCUT2D eigenvalue weighted by atomic mass is 35.5. The third-order valence-electron chi connectivity index (χ3n) is 10.0. The molecule has 2 aliphatic carbocycles. The highest BCUT2D eigenvalue weighted by Crippen LogP contribution is 2.64. The maximum atomic E-state index is 14.6. The topological polar surface area (TPSA) is 104 Å². The molecule has 6 atom stereocenters. The standard InChI is InChI=1S/C34H30ClFN2O6S/c1-34-24(31(41)38(33(34)43)18-8-11-26(36)25(35)15-18)16-23-20(29(34)21-6-2-3-7-27(21)44-13-12-39)9-10-22-28(23)32(42)37(30(22)40)17-19-5-4-14-45-19/h2-9,11,14-15,22-24,28-29,39H,10,12-13,16-17H2,1H3/t22-,23+,24-,28-,29+,34+/m0/s1. The van der Waals surface area contributed by atoms with Crippen LogP contribution >= 0.6 is 22.9 Å². The Morgan fingerprint density at radius 3 is 2.58 bits per heavy atom. The highest BCUT2D eigenvalue weighted by molar-refractivity contribution is 7.09. The number of nitrogens with zero attached hydrogens (tertiary/aromatic N) is 2. The number of anilines is 1. The van der Waals surface area contributed by atoms with Crippen molar-refractivity contribution < 1.29 is 33.4 Å². The first-order valence-corrected chi connectivity index (χ1v) is 16.2. The summed E-state index contributed by atoms with van der Waals surface area (Å²) >= 11 is 7.56. The van der Waals surface area contributed by atoms with Crippen LogP contribution in [0.1, 0.15) is 36.1 Å². The summed E-state index contributed by atoms with van der Waals surface area (Å²) in [5, 5.41) is 11.2. The van der Waals surface area contributed by atoms with Gasteiger partial charge in [-0.05, 0) is 61.4 Å². The third-order valence-corrected chi connectivity index (χ3v) is 11.2. The van der Waals surface area contributed by atoms with Crippen LogP contribution in [0.4, 0.5) is 10.1 Å². The summed E-state index contributed by atoms with van der Waals surface area (Å²) in [5.41, 5.74) is 0.350. The van der Waals surface area contributed by atoms with Gasteiger partial charge in [-0.15, -0.1) is 11.3 Å². The smallest absolute Gasteiger partial charge is 0.241 e. The van der Waals surface area contributed by atoms with Crippen molar-refractivity contribution in [2.75, 3.05) is 18.1 Å². The van der Waals surface area contributed by atoms with Crippen LogP contribution in [0.5, 0.6) is 5.75 Å². The summed E-state index contributed by atoms with van der Waals surface area (Å²) in [6, 6.07) is 14.7. The van der Waals surface area contributed by atoms with E-state index in [1.807, 2.05) is 35.7 Å². The van der Waals surface area contributed by atoms with Crippen molar-refractivity contribution in [3.05, 3.63) is 92.9 Å². The first-order chi connectivity index (χ1) is 21.7. The molecule has 2 aromatic carbocycles. The zero-order valence-electron chi connectivity index (χ0n) is 24.3. The molecule has 2 aliphatic heterocycles. The molecule has 0 radical (unpaired) electrons. The van der Waals surface area contributed by atoms with Crippen molar-refractivity contribution in [2.45, 2.75) is 32.2 Å². The van der Waals surface area contributed by atoms with E-state index >= 15 is 0 Å². The lowest BCUT2D eigenvalue weighted by Gasteiger charge is -2.49. The van der Waals surface area contributed by atoms with E-state index < -0.39 is 52.6 Å². The Balaban J connectivity index is 1.36. The number of hydrogen-bond acceptors (Lipinski definition) is 7. The number of hydrogen-bond donors (Lipinski definition) is 1. The van der Waals surface area contributed by atoms with E-state index in [9.17, 15) is 28.7 Å². The fraction of sp³-hybridized carbons (Fsp3) is 0.353. The number of benzene rings is 2. The molecule has 2 saturated heterocycles. The lowest BCUT2D eigenvalue weighted by atomic mass is 9.51. The maximum Gasteiger partial charge on any atom is 0.241 e. The van der Waals surface area contributed by atoms with Crippen LogP contribution in [0.2, 0.25) is 5.02 Å². The second-order valence-corrected chi connectivity index (χ2v) is 13.7. The van der Waals surface area contributed by atoms with Gasteiger partial charge in [-0.1, -0.05) is 47.5 Å². The number of carbonyl (C=O) groups excluding carboxylic acids is 4. The van der Waals surface area contributed by atoms with E-state index in [0.29, 0.717) is 17.7 Å². The van der Waals surface area contributed by atoms with Crippen molar-refractivity contribution in [2.24, 2.45) is 29.1 Å². The molecule has 1 aromatic heterocycles. The van der Waals surface area contributed by atoms with Crippen molar-refractivity contribution in [1.29, 1.82) is 0 Å². The van der Waals surface area contributed by atoms with E-state index in [-0.39, 0.29) is 48.7 Å². The van der Waals surface area contributed by atoms with Crippen molar-refractivity contribution >= 4 is 52.3 Å². The van der Waals surface area contributed by atoms with Gasteiger partial charge in [0.15, 0.2) is 0 Å². The number of rotatable bonds is 7. The lowest BCUT2D eigenvalue weighted by Crippen LogP contribution is -2.49. The number of amides is 4. The molecule has 0 unspecified atom stereocenters. The quantitative estimate of drug-likeness (QED) is 0.274. The van der Waals surface area contributed by atoms with Crippen LogP contribution in [0.15, 0.2) is 71.6 Å². The van der Waals surface area contributed by atoms with Gasteiger partial charge in [-0.2, -0.15) is 0 Å². The molecule has 3 fully saturated rings. The molecule has 8 nitrogen and oxygen atoms in total. The number of aliphatic hydroxyl groups excluding tert-OH is 1. The van der Waals surface area contributed by atoms with Gasteiger partial charge < -0.3 is 9.84 Å². The maximum absolute atomic E-state index is 14.6. The summed E-state index contributed by atoms with van der Waals surface area (Å²) in [6.45, 7) is 1.77. The molecule has 7 rings (SSSR count). The molecule has 1 saturated carbocycles. The number of fused-ring (bicyclic) bond motifs is 4. The molecule has 11 heteroatoms. The average molecular weight is 649 g/mol. The Kier molecular flexibility index (Phi) is 7.42. The molecular weight excluding hydrogens is 619 g/mol. The SMILES string of the molecule is C[C@@]12C(=O)N(c3ccc(F)c(Cl)c3)C(=O)[C@@H]1C[C@@H]1C(=CC[C@@H]3C(=O)N(Cc4cccs4)C(=O)[C@@H]31)[C@@H]2c1ccccc1OCCO. The molecule has 45 heavy (non-hydrogen) atoms. The molecule has 0 spiro atoms. The number of allylic oxidation sites excluding steroid dienone is 2. The van der Waals surface area contributed by atoms with Gasteiger partial charge in [0.2, 0.25) is 23.6 Å². The second kappa shape index (κ2) is 11.2. The number of para-hydroxylation sites is 1.